The van der Waals surface area contributed by atoms with Crippen molar-refractivity contribution in [2.45, 2.75) is 19.8 Å². The summed E-state index contributed by atoms with van der Waals surface area (Å²) in [4.78, 5) is 0. The largest absolute Gasteiger partial charge is 0.106 e. The molecule has 0 aliphatic rings. The van der Waals surface area contributed by atoms with E-state index in [0.29, 0.717) is 5.92 Å². The molecule has 1 aromatic rings. The summed E-state index contributed by atoms with van der Waals surface area (Å²) >= 11 is 0. The van der Waals surface area contributed by atoms with Gasteiger partial charge in [0.25, 0.3) is 0 Å². The van der Waals surface area contributed by atoms with Gasteiger partial charge in [-0.2, -0.15) is 0 Å². The molecule has 0 aliphatic carbocycles. The van der Waals surface area contributed by atoms with Crippen LogP contribution in [0.2, 0.25) is 0 Å². The van der Waals surface area contributed by atoms with Crippen molar-refractivity contribution in [2.75, 3.05) is 0 Å². The van der Waals surface area contributed by atoms with Crippen molar-refractivity contribution in [3.05, 3.63) is 29.8 Å². The lowest BCUT2D eigenvalue weighted by Gasteiger charge is -2.03. The van der Waals surface area contributed by atoms with E-state index in [2.05, 4.69) is 47.4 Å². The topological polar surface area (TPSA) is 0 Å². The number of hydrogen-bond donors (Lipinski definition) is 0. The molecule has 0 amide bonds. The van der Waals surface area contributed by atoms with Gasteiger partial charge in [-0.15, -0.1) is 9.24 Å². The summed E-state index contributed by atoms with van der Waals surface area (Å²) in [7, 11) is 2.68. The van der Waals surface area contributed by atoms with Gasteiger partial charge in [0.1, 0.15) is 0 Å². The molecule has 10 heavy (non-hydrogen) atoms. The van der Waals surface area contributed by atoms with Crippen molar-refractivity contribution in [3.63, 3.8) is 0 Å². The monoisotopic (exact) mass is 152 g/mol. The SMILES string of the molecule is CC(C)c1ccc(P)cc1. The molecule has 0 saturated carbocycles. The zero-order valence-corrected chi connectivity index (χ0v) is 7.62. The second-order valence-electron chi connectivity index (χ2n) is 2.82. The molecule has 0 bridgehead atoms. The fourth-order valence-electron chi connectivity index (χ4n) is 0.881. The molecular formula is C9H13P. The lowest BCUT2D eigenvalue weighted by molar-refractivity contribution is 0.867. The highest BCUT2D eigenvalue weighted by Gasteiger charge is 1.95. The van der Waals surface area contributed by atoms with Gasteiger partial charge in [0, 0.05) is 0 Å². The van der Waals surface area contributed by atoms with Crippen LogP contribution in [0.15, 0.2) is 24.3 Å². The predicted molar refractivity (Wildman–Crippen MR) is 49.9 cm³/mol. The molecule has 0 aromatic heterocycles. The van der Waals surface area contributed by atoms with Crippen LogP contribution in [-0.2, 0) is 0 Å². The van der Waals surface area contributed by atoms with Gasteiger partial charge in [-0.1, -0.05) is 38.1 Å². The van der Waals surface area contributed by atoms with Gasteiger partial charge in [-0.25, -0.2) is 0 Å². The van der Waals surface area contributed by atoms with E-state index in [0.717, 1.165) is 0 Å². The highest BCUT2D eigenvalue weighted by molar-refractivity contribution is 7.27. The van der Waals surface area contributed by atoms with Crippen LogP contribution in [0.3, 0.4) is 0 Å². The molecule has 1 unspecified atom stereocenters. The lowest BCUT2D eigenvalue weighted by atomic mass is 10.0. The maximum atomic E-state index is 2.68. The summed E-state index contributed by atoms with van der Waals surface area (Å²) in [6, 6.07) is 8.60. The van der Waals surface area contributed by atoms with E-state index in [1.807, 2.05) is 0 Å². The second kappa shape index (κ2) is 3.16. The number of rotatable bonds is 1. The Kier molecular flexibility index (Phi) is 2.45. The van der Waals surface area contributed by atoms with Crippen LogP contribution in [0.4, 0.5) is 0 Å². The third kappa shape index (κ3) is 1.82. The van der Waals surface area contributed by atoms with Crippen molar-refractivity contribution in [2.24, 2.45) is 0 Å². The average molecular weight is 152 g/mol. The van der Waals surface area contributed by atoms with Gasteiger partial charge in [0.15, 0.2) is 0 Å². The summed E-state index contributed by atoms with van der Waals surface area (Å²) in [5.41, 5.74) is 1.41. The fraction of sp³-hybridized carbons (Fsp3) is 0.333. The van der Waals surface area contributed by atoms with Crippen molar-refractivity contribution in [1.29, 1.82) is 0 Å². The van der Waals surface area contributed by atoms with E-state index in [9.17, 15) is 0 Å². The molecule has 1 rings (SSSR count). The maximum absolute atomic E-state index is 2.68. The minimum absolute atomic E-state index is 0.644. The van der Waals surface area contributed by atoms with Crippen molar-refractivity contribution in [3.8, 4) is 0 Å². The Morgan fingerprint density at radius 1 is 1.10 bits per heavy atom. The molecule has 0 N–H and O–H groups in total. The van der Waals surface area contributed by atoms with Crippen LogP contribution in [0.25, 0.3) is 0 Å². The highest BCUT2D eigenvalue weighted by Crippen LogP contribution is 2.11. The Bertz CT molecular complexity index is 198. The first-order chi connectivity index (χ1) is 4.70. The minimum atomic E-state index is 0.644. The standard InChI is InChI=1S/C9H13P/c1-7(2)8-3-5-9(10)6-4-8/h3-7H,10H2,1-2H3. The zero-order chi connectivity index (χ0) is 7.56. The Morgan fingerprint density at radius 3 is 2.00 bits per heavy atom. The molecule has 1 aromatic carbocycles. The van der Waals surface area contributed by atoms with Crippen LogP contribution in [0.1, 0.15) is 25.3 Å². The zero-order valence-electron chi connectivity index (χ0n) is 6.46. The molecule has 1 heteroatoms. The van der Waals surface area contributed by atoms with Crippen LogP contribution < -0.4 is 5.30 Å². The molecule has 0 fully saturated rings. The van der Waals surface area contributed by atoms with Gasteiger partial charge < -0.3 is 0 Å². The van der Waals surface area contributed by atoms with E-state index < -0.39 is 0 Å². The van der Waals surface area contributed by atoms with Crippen molar-refractivity contribution >= 4 is 14.5 Å². The third-order valence-corrected chi connectivity index (χ3v) is 1.99. The molecule has 54 valence electrons. The van der Waals surface area contributed by atoms with Crippen molar-refractivity contribution < 1.29 is 0 Å². The van der Waals surface area contributed by atoms with Gasteiger partial charge >= 0.3 is 0 Å². The maximum Gasteiger partial charge on any atom is -0.0219 e. The van der Waals surface area contributed by atoms with Crippen molar-refractivity contribution in [1.82, 2.24) is 0 Å². The van der Waals surface area contributed by atoms with Gasteiger partial charge in [0.2, 0.25) is 0 Å². The molecule has 0 heterocycles. The summed E-state index contributed by atoms with van der Waals surface area (Å²) in [5, 5.41) is 1.25. The molecule has 0 spiro atoms. The molecular weight excluding hydrogens is 139 g/mol. The molecule has 1 atom stereocenters. The predicted octanol–water partition coefficient (Wildman–Crippen LogP) is 2.31. The lowest BCUT2D eigenvalue weighted by Crippen LogP contribution is -1.92. The van der Waals surface area contributed by atoms with Crippen LogP contribution in [0.5, 0.6) is 0 Å². The normalized spacial score (nSPS) is 10.4. The summed E-state index contributed by atoms with van der Waals surface area (Å²) in [5.74, 6) is 0.644. The minimum Gasteiger partial charge on any atom is -0.106 e. The first-order valence-corrected chi connectivity index (χ1v) is 4.13. The van der Waals surface area contributed by atoms with Gasteiger partial charge in [0.05, 0.1) is 0 Å². The molecule has 0 saturated heterocycles. The second-order valence-corrected chi connectivity index (χ2v) is 3.49. The van der Waals surface area contributed by atoms with E-state index in [-0.39, 0.29) is 0 Å². The fourth-order valence-corrected chi connectivity index (χ4v) is 1.07. The molecule has 0 nitrogen and oxygen atoms in total. The summed E-state index contributed by atoms with van der Waals surface area (Å²) in [6.07, 6.45) is 0. The molecule has 0 aliphatic heterocycles. The van der Waals surface area contributed by atoms with Crippen LogP contribution in [-0.4, -0.2) is 0 Å². The van der Waals surface area contributed by atoms with E-state index in [4.69, 9.17) is 0 Å². The quantitative estimate of drug-likeness (QED) is 0.542. The highest BCUT2D eigenvalue weighted by atomic mass is 31.0. The Balaban J connectivity index is 2.89. The average Bonchev–Trinajstić information content (AvgIpc) is 1.88. The number of hydrogen-bond acceptors (Lipinski definition) is 0. The van der Waals surface area contributed by atoms with E-state index >= 15 is 0 Å². The number of benzene rings is 1. The molecule has 0 radical (unpaired) electrons. The first kappa shape index (κ1) is 7.75. The Morgan fingerprint density at radius 2 is 1.60 bits per heavy atom. The summed E-state index contributed by atoms with van der Waals surface area (Å²) < 4.78 is 0. The van der Waals surface area contributed by atoms with E-state index in [1.165, 1.54) is 10.9 Å². The van der Waals surface area contributed by atoms with Crippen LogP contribution >= 0.6 is 9.24 Å². The van der Waals surface area contributed by atoms with E-state index in [1.54, 1.807) is 0 Å². The van der Waals surface area contributed by atoms with Gasteiger partial charge in [-0.3, -0.25) is 0 Å². The van der Waals surface area contributed by atoms with Crippen LogP contribution in [0, 0.1) is 0 Å². The Labute approximate surface area is 64.9 Å². The smallest absolute Gasteiger partial charge is 0.0219 e. The summed E-state index contributed by atoms with van der Waals surface area (Å²) in [6.45, 7) is 4.41. The first-order valence-electron chi connectivity index (χ1n) is 3.55. The Hall–Kier alpha value is -0.350. The third-order valence-electron chi connectivity index (χ3n) is 1.60. The van der Waals surface area contributed by atoms with Gasteiger partial charge in [-0.05, 0) is 16.8 Å².